The molecule has 0 radical (unpaired) electrons. The Kier molecular flexibility index (Phi) is 7.20. The largest absolute Gasteiger partial charge is 0.389 e. The molecule has 0 saturated heterocycles. The van der Waals surface area contributed by atoms with Crippen molar-refractivity contribution in [1.82, 2.24) is 5.32 Å². The normalized spacial score (nSPS) is 17.8. The predicted octanol–water partition coefficient (Wildman–Crippen LogP) is 2.81. The van der Waals surface area contributed by atoms with Crippen LogP contribution in [-0.2, 0) is 0 Å². The predicted molar refractivity (Wildman–Crippen MR) is 67.0 cm³/mol. The van der Waals surface area contributed by atoms with Crippen molar-refractivity contribution in [2.75, 3.05) is 13.1 Å². The Balaban J connectivity index is 3.95. The Bertz CT molecular complexity index is 159. The van der Waals surface area contributed by atoms with Crippen LogP contribution in [-0.4, -0.2) is 23.8 Å². The zero-order valence-electron chi connectivity index (χ0n) is 11.1. The van der Waals surface area contributed by atoms with Crippen molar-refractivity contribution in [3.8, 4) is 0 Å². The Labute approximate surface area is 95.5 Å². The summed E-state index contributed by atoms with van der Waals surface area (Å²) in [5, 5.41) is 13.7. The van der Waals surface area contributed by atoms with E-state index in [1.165, 1.54) is 0 Å². The van der Waals surface area contributed by atoms with Crippen LogP contribution in [0.4, 0.5) is 0 Å². The summed E-state index contributed by atoms with van der Waals surface area (Å²) in [4.78, 5) is 0. The highest BCUT2D eigenvalue weighted by Crippen LogP contribution is 2.21. The summed E-state index contributed by atoms with van der Waals surface area (Å²) in [6, 6.07) is 0. The standard InChI is InChI=1S/C13H29NO/c1-6-12(5)8-13(15,7-2)10-14-9-11(3)4/h11-12,14-15H,6-10H2,1-5H3. The first-order valence-electron chi connectivity index (χ1n) is 6.36. The minimum Gasteiger partial charge on any atom is -0.389 e. The fourth-order valence-electron chi connectivity index (χ4n) is 1.73. The maximum absolute atomic E-state index is 10.4. The smallest absolute Gasteiger partial charge is 0.0771 e. The molecular weight excluding hydrogens is 186 g/mol. The first kappa shape index (κ1) is 14.9. The molecule has 2 nitrogen and oxygen atoms in total. The third kappa shape index (κ3) is 6.91. The van der Waals surface area contributed by atoms with E-state index in [0.29, 0.717) is 11.8 Å². The van der Waals surface area contributed by atoms with Crippen molar-refractivity contribution in [1.29, 1.82) is 0 Å². The van der Waals surface area contributed by atoms with Gasteiger partial charge in [0.15, 0.2) is 0 Å². The average molecular weight is 215 g/mol. The van der Waals surface area contributed by atoms with Gasteiger partial charge in [-0.2, -0.15) is 0 Å². The molecule has 0 aliphatic heterocycles. The Hall–Kier alpha value is -0.0800. The molecule has 0 heterocycles. The minimum absolute atomic E-state index is 0.510. The molecular formula is C13H29NO. The topological polar surface area (TPSA) is 32.3 Å². The van der Waals surface area contributed by atoms with Gasteiger partial charge < -0.3 is 10.4 Å². The maximum atomic E-state index is 10.4. The van der Waals surface area contributed by atoms with Crippen LogP contribution >= 0.6 is 0 Å². The molecule has 2 unspecified atom stereocenters. The second-order valence-electron chi connectivity index (χ2n) is 5.32. The molecule has 0 saturated carbocycles. The zero-order valence-corrected chi connectivity index (χ0v) is 11.1. The van der Waals surface area contributed by atoms with Crippen LogP contribution in [0.1, 0.15) is 53.9 Å². The molecule has 0 rings (SSSR count). The first-order chi connectivity index (χ1) is 6.93. The van der Waals surface area contributed by atoms with Gasteiger partial charge in [0.1, 0.15) is 0 Å². The van der Waals surface area contributed by atoms with E-state index in [4.69, 9.17) is 0 Å². The Morgan fingerprint density at radius 1 is 1.20 bits per heavy atom. The monoisotopic (exact) mass is 215 g/mol. The Morgan fingerprint density at radius 2 is 1.80 bits per heavy atom. The van der Waals surface area contributed by atoms with Gasteiger partial charge in [-0.3, -0.25) is 0 Å². The summed E-state index contributed by atoms with van der Waals surface area (Å²) in [7, 11) is 0. The molecule has 0 aliphatic carbocycles. The van der Waals surface area contributed by atoms with Crippen LogP contribution < -0.4 is 5.32 Å². The summed E-state index contributed by atoms with van der Waals surface area (Å²) in [6.07, 6.45) is 2.89. The molecule has 0 aromatic heterocycles. The number of aliphatic hydroxyl groups is 1. The SMILES string of the molecule is CCC(C)CC(O)(CC)CNCC(C)C. The second kappa shape index (κ2) is 7.24. The summed E-state index contributed by atoms with van der Waals surface area (Å²) in [6.45, 7) is 12.6. The first-order valence-corrected chi connectivity index (χ1v) is 6.36. The van der Waals surface area contributed by atoms with E-state index in [1.54, 1.807) is 0 Å². The van der Waals surface area contributed by atoms with Crippen molar-refractivity contribution >= 4 is 0 Å². The van der Waals surface area contributed by atoms with Gasteiger partial charge >= 0.3 is 0 Å². The van der Waals surface area contributed by atoms with Crippen molar-refractivity contribution in [3.05, 3.63) is 0 Å². The highest BCUT2D eigenvalue weighted by atomic mass is 16.3. The van der Waals surface area contributed by atoms with E-state index in [0.717, 1.165) is 32.4 Å². The molecule has 2 N–H and O–H groups in total. The van der Waals surface area contributed by atoms with Crippen LogP contribution in [0, 0.1) is 11.8 Å². The van der Waals surface area contributed by atoms with Gasteiger partial charge in [0.05, 0.1) is 5.60 Å². The summed E-state index contributed by atoms with van der Waals surface area (Å²) in [5.74, 6) is 1.26. The van der Waals surface area contributed by atoms with Crippen LogP contribution in [0.5, 0.6) is 0 Å². The molecule has 15 heavy (non-hydrogen) atoms. The zero-order chi connectivity index (χ0) is 11.9. The minimum atomic E-state index is -0.510. The highest BCUT2D eigenvalue weighted by Gasteiger charge is 2.25. The average Bonchev–Trinajstić information content (AvgIpc) is 2.17. The van der Waals surface area contributed by atoms with E-state index in [1.807, 2.05) is 0 Å². The molecule has 0 aromatic rings. The van der Waals surface area contributed by atoms with Crippen LogP contribution in [0.2, 0.25) is 0 Å². The lowest BCUT2D eigenvalue weighted by Gasteiger charge is -2.30. The third-order valence-corrected chi connectivity index (χ3v) is 3.09. The molecule has 0 spiro atoms. The van der Waals surface area contributed by atoms with Crippen molar-refractivity contribution in [2.45, 2.75) is 59.5 Å². The fraction of sp³-hybridized carbons (Fsp3) is 1.00. The molecule has 92 valence electrons. The maximum Gasteiger partial charge on any atom is 0.0771 e. The number of hydrogen-bond donors (Lipinski definition) is 2. The fourth-order valence-corrected chi connectivity index (χ4v) is 1.73. The van der Waals surface area contributed by atoms with Gasteiger partial charge in [-0.05, 0) is 31.2 Å². The van der Waals surface area contributed by atoms with Gasteiger partial charge in [0, 0.05) is 6.54 Å². The van der Waals surface area contributed by atoms with E-state index < -0.39 is 5.60 Å². The lowest BCUT2D eigenvalue weighted by Crippen LogP contribution is -2.42. The highest BCUT2D eigenvalue weighted by molar-refractivity contribution is 4.81. The molecule has 0 aromatic carbocycles. The summed E-state index contributed by atoms with van der Waals surface area (Å²) in [5.41, 5.74) is -0.510. The van der Waals surface area contributed by atoms with Gasteiger partial charge in [-0.25, -0.2) is 0 Å². The van der Waals surface area contributed by atoms with Gasteiger partial charge in [0.25, 0.3) is 0 Å². The van der Waals surface area contributed by atoms with Crippen molar-refractivity contribution < 1.29 is 5.11 Å². The van der Waals surface area contributed by atoms with Gasteiger partial charge in [-0.15, -0.1) is 0 Å². The molecule has 2 heteroatoms. The van der Waals surface area contributed by atoms with Gasteiger partial charge in [-0.1, -0.05) is 41.0 Å². The molecule has 2 atom stereocenters. The second-order valence-corrected chi connectivity index (χ2v) is 5.32. The van der Waals surface area contributed by atoms with E-state index in [-0.39, 0.29) is 0 Å². The van der Waals surface area contributed by atoms with Crippen molar-refractivity contribution in [2.24, 2.45) is 11.8 Å². The van der Waals surface area contributed by atoms with Crippen LogP contribution in [0.15, 0.2) is 0 Å². The summed E-state index contributed by atoms with van der Waals surface area (Å²) < 4.78 is 0. The quantitative estimate of drug-likeness (QED) is 0.652. The van der Waals surface area contributed by atoms with E-state index in [9.17, 15) is 5.11 Å². The van der Waals surface area contributed by atoms with E-state index >= 15 is 0 Å². The summed E-state index contributed by atoms with van der Waals surface area (Å²) >= 11 is 0. The molecule has 0 bridgehead atoms. The Morgan fingerprint density at radius 3 is 2.20 bits per heavy atom. The number of rotatable bonds is 8. The van der Waals surface area contributed by atoms with Crippen molar-refractivity contribution in [3.63, 3.8) is 0 Å². The van der Waals surface area contributed by atoms with Gasteiger partial charge in [0.2, 0.25) is 0 Å². The van der Waals surface area contributed by atoms with Crippen LogP contribution in [0.3, 0.4) is 0 Å². The van der Waals surface area contributed by atoms with E-state index in [2.05, 4.69) is 39.9 Å². The lowest BCUT2D eigenvalue weighted by atomic mass is 9.88. The van der Waals surface area contributed by atoms with Crippen LogP contribution in [0.25, 0.3) is 0 Å². The number of nitrogens with one attached hydrogen (secondary N) is 1. The molecule has 0 aliphatic rings. The molecule has 0 fully saturated rings. The lowest BCUT2D eigenvalue weighted by molar-refractivity contribution is 0.0134. The molecule has 0 amide bonds. The number of hydrogen-bond acceptors (Lipinski definition) is 2. The third-order valence-electron chi connectivity index (χ3n) is 3.09.